The lowest BCUT2D eigenvalue weighted by Crippen LogP contribution is -2.32. The molecule has 0 saturated carbocycles. The van der Waals surface area contributed by atoms with Gasteiger partial charge in [-0.1, -0.05) is 6.07 Å². The number of ether oxygens (including phenoxy) is 1. The van der Waals surface area contributed by atoms with Crippen LogP contribution in [0.1, 0.15) is 13.3 Å². The van der Waals surface area contributed by atoms with Crippen LogP contribution < -0.4 is 15.3 Å². The summed E-state index contributed by atoms with van der Waals surface area (Å²) in [4.78, 5) is 25.8. The number of aryl methyl sites for hydroxylation is 2. The average Bonchev–Trinajstić information content (AvgIpc) is 2.85. The number of nitrogens with zero attached hydrogens (tertiary/aromatic N) is 4. The molecule has 2 rings (SSSR count). The van der Waals surface area contributed by atoms with E-state index in [0.717, 1.165) is 5.69 Å². The highest BCUT2D eigenvalue weighted by atomic mass is 16.5. The molecule has 22 heavy (non-hydrogen) atoms. The van der Waals surface area contributed by atoms with Crippen LogP contribution in [0.4, 0.5) is 5.69 Å². The van der Waals surface area contributed by atoms with Gasteiger partial charge in [0.2, 0.25) is 5.91 Å². The Morgan fingerprint density at radius 3 is 2.77 bits per heavy atom. The van der Waals surface area contributed by atoms with Crippen molar-refractivity contribution in [1.82, 2.24) is 14.3 Å². The van der Waals surface area contributed by atoms with Crippen LogP contribution in [-0.4, -0.2) is 33.9 Å². The van der Waals surface area contributed by atoms with Crippen molar-refractivity contribution in [2.45, 2.75) is 19.9 Å². The minimum Gasteiger partial charge on any atom is -0.497 e. The van der Waals surface area contributed by atoms with E-state index in [1.165, 1.54) is 15.6 Å². The molecule has 7 nitrogen and oxygen atoms in total. The van der Waals surface area contributed by atoms with Crippen molar-refractivity contribution in [2.24, 2.45) is 7.05 Å². The molecular weight excluding hydrogens is 284 g/mol. The number of anilines is 1. The average molecular weight is 304 g/mol. The summed E-state index contributed by atoms with van der Waals surface area (Å²) in [5.41, 5.74) is 0.553. The molecule has 0 atom stereocenters. The van der Waals surface area contributed by atoms with Gasteiger partial charge in [-0.05, 0) is 19.1 Å². The van der Waals surface area contributed by atoms with Gasteiger partial charge < -0.3 is 9.64 Å². The van der Waals surface area contributed by atoms with Crippen molar-refractivity contribution in [3.63, 3.8) is 0 Å². The van der Waals surface area contributed by atoms with Crippen molar-refractivity contribution in [3.05, 3.63) is 41.1 Å². The largest absolute Gasteiger partial charge is 0.497 e. The molecule has 1 aromatic heterocycles. The Kier molecular flexibility index (Phi) is 4.98. The maximum absolute atomic E-state index is 12.4. The van der Waals surface area contributed by atoms with E-state index >= 15 is 0 Å². The number of carbonyl (C=O) groups is 1. The summed E-state index contributed by atoms with van der Waals surface area (Å²) >= 11 is 0. The Hall–Kier alpha value is -2.57. The summed E-state index contributed by atoms with van der Waals surface area (Å²) in [6.07, 6.45) is 1.65. The van der Waals surface area contributed by atoms with Gasteiger partial charge in [-0.2, -0.15) is 5.10 Å². The lowest BCUT2D eigenvalue weighted by atomic mass is 10.2. The highest BCUT2D eigenvalue weighted by Gasteiger charge is 2.15. The van der Waals surface area contributed by atoms with E-state index in [1.54, 1.807) is 19.1 Å². The van der Waals surface area contributed by atoms with E-state index in [9.17, 15) is 9.59 Å². The first-order valence-electron chi connectivity index (χ1n) is 7.09. The van der Waals surface area contributed by atoms with Crippen molar-refractivity contribution < 1.29 is 9.53 Å². The SMILES string of the molecule is CCN(C(=O)CCn1ncn(C)c1=O)c1cccc(OC)c1. The molecule has 0 spiro atoms. The van der Waals surface area contributed by atoms with Gasteiger partial charge in [-0.3, -0.25) is 9.36 Å². The van der Waals surface area contributed by atoms with Crippen LogP contribution in [0.15, 0.2) is 35.4 Å². The standard InChI is InChI=1S/C15H20N4O3/c1-4-18(12-6-5-7-13(10-12)22-3)14(20)8-9-19-15(21)17(2)11-16-19/h5-7,10-11H,4,8-9H2,1-3H3. The monoisotopic (exact) mass is 304 g/mol. The van der Waals surface area contributed by atoms with Gasteiger partial charge in [0, 0.05) is 31.8 Å². The molecule has 0 aliphatic rings. The van der Waals surface area contributed by atoms with Gasteiger partial charge in [0.1, 0.15) is 12.1 Å². The molecule has 1 heterocycles. The third-order valence-corrected chi connectivity index (χ3v) is 3.41. The normalized spacial score (nSPS) is 10.5. The van der Waals surface area contributed by atoms with E-state index < -0.39 is 0 Å². The second-order valence-corrected chi connectivity index (χ2v) is 4.84. The van der Waals surface area contributed by atoms with Gasteiger partial charge >= 0.3 is 5.69 Å². The predicted octanol–water partition coefficient (Wildman–Crippen LogP) is 1.03. The van der Waals surface area contributed by atoms with Crippen molar-refractivity contribution >= 4 is 11.6 Å². The van der Waals surface area contributed by atoms with Crippen LogP contribution >= 0.6 is 0 Å². The molecular formula is C15H20N4O3. The highest BCUT2D eigenvalue weighted by molar-refractivity contribution is 5.93. The van der Waals surface area contributed by atoms with Gasteiger partial charge in [-0.15, -0.1) is 0 Å². The third kappa shape index (κ3) is 3.36. The quantitative estimate of drug-likeness (QED) is 0.799. The molecule has 0 saturated heterocycles. The summed E-state index contributed by atoms with van der Waals surface area (Å²) < 4.78 is 7.85. The summed E-state index contributed by atoms with van der Waals surface area (Å²) in [5, 5.41) is 3.95. The van der Waals surface area contributed by atoms with Crippen LogP contribution in [0.25, 0.3) is 0 Å². The third-order valence-electron chi connectivity index (χ3n) is 3.41. The molecule has 7 heteroatoms. The summed E-state index contributed by atoms with van der Waals surface area (Å²) in [6, 6.07) is 7.34. The lowest BCUT2D eigenvalue weighted by Gasteiger charge is -2.21. The number of carbonyl (C=O) groups excluding carboxylic acids is 1. The molecule has 0 fully saturated rings. The van der Waals surface area contributed by atoms with Crippen LogP contribution in [-0.2, 0) is 18.4 Å². The smallest absolute Gasteiger partial charge is 0.345 e. The van der Waals surface area contributed by atoms with Crippen LogP contribution in [0.5, 0.6) is 5.75 Å². The Labute approximate surface area is 128 Å². The minimum atomic E-state index is -0.225. The van der Waals surface area contributed by atoms with E-state index in [2.05, 4.69) is 5.10 Å². The molecule has 0 unspecified atom stereocenters. The van der Waals surface area contributed by atoms with E-state index in [0.29, 0.717) is 12.3 Å². The molecule has 0 bridgehead atoms. The topological polar surface area (TPSA) is 69.4 Å². The molecule has 1 aromatic carbocycles. The minimum absolute atomic E-state index is 0.0618. The first kappa shape index (κ1) is 15.8. The van der Waals surface area contributed by atoms with Gasteiger partial charge in [0.05, 0.1) is 13.7 Å². The predicted molar refractivity (Wildman–Crippen MR) is 83.1 cm³/mol. The Bertz CT molecular complexity index is 705. The number of amides is 1. The maximum Gasteiger partial charge on any atom is 0.345 e. The molecule has 0 N–H and O–H groups in total. The number of aromatic nitrogens is 3. The number of benzene rings is 1. The fourth-order valence-corrected chi connectivity index (χ4v) is 2.19. The zero-order valence-electron chi connectivity index (χ0n) is 13.0. The number of hydrogen-bond acceptors (Lipinski definition) is 4. The zero-order chi connectivity index (χ0) is 16.1. The van der Waals surface area contributed by atoms with E-state index in [1.807, 2.05) is 31.2 Å². The first-order valence-corrected chi connectivity index (χ1v) is 7.09. The van der Waals surface area contributed by atoms with E-state index in [4.69, 9.17) is 4.74 Å². The second kappa shape index (κ2) is 6.93. The van der Waals surface area contributed by atoms with Gasteiger partial charge in [0.15, 0.2) is 0 Å². The summed E-state index contributed by atoms with van der Waals surface area (Å²) in [6.45, 7) is 2.71. The van der Waals surface area contributed by atoms with Crippen LogP contribution in [0.2, 0.25) is 0 Å². The van der Waals surface area contributed by atoms with Crippen LogP contribution in [0, 0.1) is 0 Å². The number of rotatable bonds is 6. The lowest BCUT2D eigenvalue weighted by molar-refractivity contribution is -0.118. The Balaban J connectivity index is 2.08. The fourth-order valence-electron chi connectivity index (χ4n) is 2.19. The highest BCUT2D eigenvalue weighted by Crippen LogP contribution is 2.21. The maximum atomic E-state index is 12.4. The molecule has 1 amide bonds. The Morgan fingerprint density at radius 2 is 2.18 bits per heavy atom. The zero-order valence-corrected chi connectivity index (χ0v) is 13.0. The van der Waals surface area contributed by atoms with E-state index in [-0.39, 0.29) is 24.6 Å². The molecule has 0 aliphatic heterocycles. The first-order chi connectivity index (χ1) is 10.6. The van der Waals surface area contributed by atoms with Crippen molar-refractivity contribution in [1.29, 1.82) is 0 Å². The van der Waals surface area contributed by atoms with Gasteiger partial charge in [-0.25, -0.2) is 9.48 Å². The summed E-state index contributed by atoms with van der Waals surface area (Å²) in [5.74, 6) is 0.637. The number of hydrogen-bond donors (Lipinski definition) is 0. The molecule has 118 valence electrons. The Morgan fingerprint density at radius 1 is 1.41 bits per heavy atom. The van der Waals surface area contributed by atoms with Crippen molar-refractivity contribution in [2.75, 3.05) is 18.6 Å². The van der Waals surface area contributed by atoms with Crippen molar-refractivity contribution in [3.8, 4) is 5.75 Å². The fraction of sp³-hybridized carbons (Fsp3) is 0.400. The van der Waals surface area contributed by atoms with Crippen LogP contribution in [0.3, 0.4) is 0 Å². The second-order valence-electron chi connectivity index (χ2n) is 4.84. The molecule has 0 radical (unpaired) electrons. The number of methoxy groups -OCH3 is 1. The molecule has 2 aromatic rings. The molecule has 0 aliphatic carbocycles. The van der Waals surface area contributed by atoms with Gasteiger partial charge in [0.25, 0.3) is 0 Å². The summed E-state index contributed by atoms with van der Waals surface area (Å²) in [7, 11) is 3.22.